The number of halogens is 1. The van der Waals surface area contributed by atoms with Crippen molar-refractivity contribution < 1.29 is 9.59 Å². The zero-order chi connectivity index (χ0) is 11.9. The fourth-order valence-electron chi connectivity index (χ4n) is 1.82. The average Bonchev–Trinajstić information content (AvgIpc) is 2.43. The van der Waals surface area contributed by atoms with Crippen LogP contribution in [0.15, 0.2) is 22.7 Å². The molecule has 3 nitrogen and oxygen atoms in total. The molecule has 0 unspecified atom stereocenters. The second kappa shape index (κ2) is 4.01. The SMILES string of the molecule is CC(C)CN1C(=O)C(=O)c2cc(Br)ccc21. The van der Waals surface area contributed by atoms with Gasteiger partial charge < -0.3 is 4.90 Å². The summed E-state index contributed by atoms with van der Waals surface area (Å²) in [5, 5.41) is 0. The third kappa shape index (κ3) is 1.78. The predicted molar refractivity (Wildman–Crippen MR) is 65.7 cm³/mol. The van der Waals surface area contributed by atoms with Crippen molar-refractivity contribution in [1.29, 1.82) is 0 Å². The summed E-state index contributed by atoms with van der Waals surface area (Å²) in [6, 6.07) is 5.36. The summed E-state index contributed by atoms with van der Waals surface area (Å²) in [5.74, 6) is -0.481. The minimum absolute atomic E-state index is 0.339. The average molecular weight is 282 g/mol. The molecule has 1 amide bonds. The lowest BCUT2D eigenvalue weighted by Gasteiger charge is -2.18. The van der Waals surface area contributed by atoms with Crippen LogP contribution in [0.1, 0.15) is 24.2 Å². The molecule has 1 aromatic rings. The largest absolute Gasteiger partial charge is 0.305 e. The van der Waals surface area contributed by atoms with Crippen molar-refractivity contribution in [2.24, 2.45) is 5.92 Å². The van der Waals surface area contributed by atoms with Gasteiger partial charge in [0.2, 0.25) is 0 Å². The van der Waals surface area contributed by atoms with Gasteiger partial charge in [0.15, 0.2) is 0 Å². The molecule has 1 aliphatic rings. The molecule has 0 aromatic heterocycles. The van der Waals surface area contributed by atoms with E-state index in [0.29, 0.717) is 18.0 Å². The highest BCUT2D eigenvalue weighted by Gasteiger charge is 2.35. The van der Waals surface area contributed by atoms with Gasteiger partial charge in [0, 0.05) is 11.0 Å². The van der Waals surface area contributed by atoms with Crippen molar-refractivity contribution in [3.05, 3.63) is 28.2 Å². The summed E-state index contributed by atoms with van der Waals surface area (Å²) in [6.07, 6.45) is 0. The smallest absolute Gasteiger partial charge is 0.299 e. The van der Waals surface area contributed by atoms with Crippen LogP contribution >= 0.6 is 15.9 Å². The second-order valence-corrected chi connectivity index (χ2v) is 5.22. The van der Waals surface area contributed by atoms with Crippen LogP contribution in [0.25, 0.3) is 0 Å². The molecule has 0 aliphatic carbocycles. The number of rotatable bonds is 2. The van der Waals surface area contributed by atoms with Gasteiger partial charge in [0.1, 0.15) is 0 Å². The molecule has 1 heterocycles. The Morgan fingerprint density at radius 3 is 2.62 bits per heavy atom. The first-order valence-corrected chi connectivity index (χ1v) is 5.95. The molecule has 0 atom stereocenters. The Labute approximate surface area is 103 Å². The third-order valence-electron chi connectivity index (χ3n) is 2.48. The van der Waals surface area contributed by atoms with Crippen LogP contribution in [-0.4, -0.2) is 18.2 Å². The highest BCUT2D eigenvalue weighted by molar-refractivity contribution is 9.10. The second-order valence-electron chi connectivity index (χ2n) is 4.30. The van der Waals surface area contributed by atoms with Gasteiger partial charge >= 0.3 is 0 Å². The van der Waals surface area contributed by atoms with Gasteiger partial charge in [-0.2, -0.15) is 0 Å². The summed E-state index contributed by atoms with van der Waals surface area (Å²) in [6.45, 7) is 4.63. The number of benzene rings is 1. The van der Waals surface area contributed by atoms with Crippen LogP contribution in [0.3, 0.4) is 0 Å². The van der Waals surface area contributed by atoms with Crippen LogP contribution < -0.4 is 4.90 Å². The molecule has 2 rings (SSSR count). The third-order valence-corrected chi connectivity index (χ3v) is 2.97. The quantitative estimate of drug-likeness (QED) is 0.782. The number of anilines is 1. The highest BCUT2D eigenvalue weighted by Crippen LogP contribution is 2.31. The van der Waals surface area contributed by atoms with E-state index in [2.05, 4.69) is 15.9 Å². The molecule has 1 aliphatic heterocycles. The van der Waals surface area contributed by atoms with Crippen molar-refractivity contribution in [3.8, 4) is 0 Å². The zero-order valence-corrected chi connectivity index (χ0v) is 10.7. The zero-order valence-electron chi connectivity index (χ0n) is 9.16. The Morgan fingerprint density at radius 1 is 1.31 bits per heavy atom. The van der Waals surface area contributed by atoms with Crippen LogP contribution in [-0.2, 0) is 4.79 Å². The summed E-state index contributed by atoms with van der Waals surface area (Å²) in [5.41, 5.74) is 1.23. The fraction of sp³-hybridized carbons (Fsp3) is 0.333. The number of Topliss-reactive ketones (excluding diaryl/α,β-unsaturated/α-hetero) is 1. The Balaban J connectivity index is 2.46. The van der Waals surface area contributed by atoms with Crippen molar-refractivity contribution in [2.45, 2.75) is 13.8 Å². The maximum Gasteiger partial charge on any atom is 0.299 e. The van der Waals surface area contributed by atoms with E-state index < -0.39 is 11.7 Å². The molecule has 4 heteroatoms. The number of ketones is 1. The Kier molecular flexibility index (Phi) is 2.84. The molecule has 0 N–H and O–H groups in total. The highest BCUT2D eigenvalue weighted by atomic mass is 79.9. The van der Waals surface area contributed by atoms with E-state index >= 15 is 0 Å². The first-order valence-electron chi connectivity index (χ1n) is 5.16. The number of fused-ring (bicyclic) bond motifs is 1. The first kappa shape index (κ1) is 11.3. The molecular formula is C12H12BrNO2. The minimum atomic E-state index is -0.415. The molecule has 0 radical (unpaired) electrons. The predicted octanol–water partition coefficient (Wildman–Crippen LogP) is 2.63. The maximum atomic E-state index is 11.8. The Morgan fingerprint density at radius 2 is 2.00 bits per heavy atom. The number of hydrogen-bond donors (Lipinski definition) is 0. The van der Waals surface area contributed by atoms with E-state index in [1.54, 1.807) is 11.0 Å². The van der Waals surface area contributed by atoms with E-state index in [0.717, 1.165) is 10.2 Å². The van der Waals surface area contributed by atoms with Gasteiger partial charge in [-0.15, -0.1) is 0 Å². The van der Waals surface area contributed by atoms with E-state index in [9.17, 15) is 9.59 Å². The molecule has 0 spiro atoms. The van der Waals surface area contributed by atoms with Crippen molar-refractivity contribution in [1.82, 2.24) is 0 Å². The fourth-order valence-corrected chi connectivity index (χ4v) is 2.18. The molecule has 0 bridgehead atoms. The summed E-state index contributed by atoms with van der Waals surface area (Å²) < 4.78 is 0.818. The van der Waals surface area contributed by atoms with E-state index in [4.69, 9.17) is 0 Å². The molecule has 0 fully saturated rings. The maximum absolute atomic E-state index is 11.8. The van der Waals surface area contributed by atoms with Crippen LogP contribution in [0, 0.1) is 5.92 Å². The molecule has 0 saturated heterocycles. The number of carbonyl (C=O) groups excluding carboxylic acids is 2. The molecule has 84 valence electrons. The van der Waals surface area contributed by atoms with Crippen molar-refractivity contribution in [2.75, 3.05) is 11.4 Å². The lowest BCUT2D eigenvalue weighted by Crippen LogP contribution is -2.32. The topological polar surface area (TPSA) is 37.4 Å². The van der Waals surface area contributed by atoms with Gasteiger partial charge in [0.05, 0.1) is 11.3 Å². The van der Waals surface area contributed by atoms with Gasteiger partial charge in [-0.1, -0.05) is 29.8 Å². The molecule has 0 saturated carbocycles. The number of carbonyl (C=O) groups is 2. The lowest BCUT2D eigenvalue weighted by molar-refractivity contribution is -0.114. The molecule has 1 aromatic carbocycles. The lowest BCUT2D eigenvalue weighted by atomic mass is 10.1. The number of amides is 1. The summed E-state index contributed by atoms with van der Waals surface area (Å²) in [4.78, 5) is 25.1. The normalized spacial score (nSPS) is 14.9. The van der Waals surface area contributed by atoms with Gasteiger partial charge in [0.25, 0.3) is 11.7 Å². The Hall–Kier alpha value is -1.16. The molecule has 16 heavy (non-hydrogen) atoms. The van der Waals surface area contributed by atoms with E-state index in [1.165, 1.54) is 0 Å². The van der Waals surface area contributed by atoms with Gasteiger partial charge in [-0.3, -0.25) is 9.59 Å². The minimum Gasteiger partial charge on any atom is -0.305 e. The van der Waals surface area contributed by atoms with Gasteiger partial charge in [-0.05, 0) is 24.1 Å². The Bertz CT molecular complexity index is 468. The van der Waals surface area contributed by atoms with Crippen molar-refractivity contribution in [3.63, 3.8) is 0 Å². The van der Waals surface area contributed by atoms with Crippen molar-refractivity contribution >= 4 is 33.3 Å². The number of nitrogens with zero attached hydrogens (tertiary/aromatic N) is 1. The van der Waals surface area contributed by atoms with Crippen LogP contribution in [0.4, 0.5) is 5.69 Å². The number of hydrogen-bond acceptors (Lipinski definition) is 2. The monoisotopic (exact) mass is 281 g/mol. The van der Waals surface area contributed by atoms with E-state index in [-0.39, 0.29) is 0 Å². The first-order chi connectivity index (χ1) is 7.50. The van der Waals surface area contributed by atoms with Crippen LogP contribution in [0.2, 0.25) is 0 Å². The molecular weight excluding hydrogens is 270 g/mol. The van der Waals surface area contributed by atoms with E-state index in [1.807, 2.05) is 26.0 Å². The van der Waals surface area contributed by atoms with Gasteiger partial charge in [-0.25, -0.2) is 0 Å². The standard InChI is InChI=1S/C12H12BrNO2/c1-7(2)6-14-10-4-3-8(13)5-9(10)11(15)12(14)16/h3-5,7H,6H2,1-2H3. The summed E-state index contributed by atoms with van der Waals surface area (Å²) >= 11 is 3.30. The summed E-state index contributed by atoms with van der Waals surface area (Å²) in [7, 11) is 0. The van der Waals surface area contributed by atoms with Crippen LogP contribution in [0.5, 0.6) is 0 Å².